The molecule has 6 aromatic rings. The number of anilines is 1. The second-order valence-corrected chi connectivity index (χ2v) is 22.0. The second-order valence-electron chi connectivity index (χ2n) is 22.0. The minimum atomic E-state index is -0.950. The van der Waals surface area contributed by atoms with Crippen LogP contribution in [0.3, 0.4) is 0 Å². The van der Waals surface area contributed by atoms with Crippen LogP contribution in [0.1, 0.15) is 183 Å². The summed E-state index contributed by atoms with van der Waals surface area (Å²) in [6.45, 7) is 12.3. The second kappa shape index (κ2) is 39.4. The first-order valence-corrected chi connectivity index (χ1v) is 31.6. The number of carbonyl (C=O) groups is 6. The number of unbranched alkanes of at least 4 members (excludes halogenated alkanes) is 15. The van der Waals surface area contributed by atoms with Gasteiger partial charge in [-0.3, -0.25) is 10.1 Å². The van der Waals surface area contributed by atoms with Crippen molar-refractivity contribution in [2.45, 2.75) is 149 Å². The Balaban J connectivity index is 1.04. The van der Waals surface area contributed by atoms with Gasteiger partial charge in [0.1, 0.15) is 35.4 Å². The van der Waals surface area contributed by atoms with Crippen LogP contribution < -0.4 is 34.2 Å². The van der Waals surface area contributed by atoms with E-state index in [0.29, 0.717) is 54.6 Å². The van der Waals surface area contributed by atoms with E-state index in [0.717, 1.165) is 134 Å². The fourth-order valence-corrected chi connectivity index (χ4v) is 9.61. The summed E-state index contributed by atoms with van der Waals surface area (Å²) in [4.78, 5) is 88.7. The largest absolute Gasteiger partial charge is 0.494 e. The number of esters is 6. The Kier molecular flexibility index (Phi) is 30.5. The molecule has 2 N–H and O–H groups in total. The van der Waals surface area contributed by atoms with Crippen LogP contribution in [0.15, 0.2) is 153 Å². The highest BCUT2D eigenvalue weighted by molar-refractivity contribution is 6.06. The predicted molar refractivity (Wildman–Crippen MR) is 349 cm³/mol. The fourth-order valence-electron chi connectivity index (χ4n) is 9.61. The maximum absolute atomic E-state index is 14.0. The molecule has 0 amide bonds. The number of nitrogens with zero attached hydrogens (tertiary/aromatic N) is 1. The Bertz CT molecular complexity index is 3360. The van der Waals surface area contributed by atoms with Crippen LogP contribution in [0.25, 0.3) is 11.1 Å². The van der Waals surface area contributed by atoms with Gasteiger partial charge in [0.05, 0.1) is 59.7 Å². The van der Waals surface area contributed by atoms with Gasteiger partial charge in [-0.1, -0.05) is 128 Å². The highest BCUT2D eigenvalue weighted by Crippen LogP contribution is 2.38. The van der Waals surface area contributed by atoms with Gasteiger partial charge in [0, 0.05) is 35.5 Å². The SMILES string of the molecule is C=CC(=O)OCCCCCCCCCOc1ccc(OC(=O)c2ccc(C(=O)Oc3ccc(OCCCCCCCCCOC(=O)C=C)cc3)c(C(=O)OCc3ccc(OC(=O)c4ccc(-c5cc([N+](=O)[O-])c(O[C@@H](C)CCCCCC)cc5N)cc4)cc3)c2)cc1. The summed E-state index contributed by atoms with van der Waals surface area (Å²) in [5.41, 5.74) is 7.57. The molecule has 92 heavy (non-hydrogen) atoms. The van der Waals surface area contributed by atoms with Crippen LogP contribution in [-0.2, 0) is 30.4 Å². The van der Waals surface area contributed by atoms with Crippen molar-refractivity contribution >= 4 is 47.2 Å². The third-order valence-corrected chi connectivity index (χ3v) is 14.8. The lowest BCUT2D eigenvalue weighted by atomic mass is 10.0. The lowest BCUT2D eigenvalue weighted by molar-refractivity contribution is -0.386. The minimum Gasteiger partial charge on any atom is -0.494 e. The van der Waals surface area contributed by atoms with E-state index in [2.05, 4.69) is 20.1 Å². The number of hydrogen-bond acceptors (Lipinski definition) is 18. The standard InChI is InChI=1S/C73H84N2O17/c1-5-8-9-20-25-52(4)89-67-50-65(74)63(49-66(67)75(82)83)54-28-30-55(31-29-54)70(78)90-59-33-26-53(27-34-59)51-88-72(80)64-48-56(71(79)91-60-39-35-57(36-40-60)84-44-21-16-12-10-14-18-23-46-86-68(76)6-2)32-43-62(64)73(81)92-61-41-37-58(38-42-61)85-45-22-17-13-11-15-19-24-47-87-69(77)7-3/h6-7,26-43,48-50,52H,2-3,5,8-25,44-47,51,74H2,1,4H3/t52-/m0/s1. The van der Waals surface area contributed by atoms with Crippen molar-refractivity contribution < 1.29 is 76.3 Å². The van der Waals surface area contributed by atoms with Crippen molar-refractivity contribution in [3.63, 3.8) is 0 Å². The number of nitro groups is 1. The molecule has 6 aromatic carbocycles. The molecule has 0 saturated heterocycles. The Labute approximate surface area is 538 Å². The number of ether oxygens (including phenoxy) is 9. The molecule has 0 fully saturated rings. The first-order valence-electron chi connectivity index (χ1n) is 31.6. The minimum absolute atomic E-state index is 0.0540. The average Bonchev–Trinajstić information content (AvgIpc) is 0.901. The van der Waals surface area contributed by atoms with Gasteiger partial charge in [-0.05, 0) is 148 Å². The summed E-state index contributed by atoms with van der Waals surface area (Å²) in [7, 11) is 0. The molecule has 0 aliphatic rings. The van der Waals surface area contributed by atoms with Crippen LogP contribution in [0.5, 0.6) is 34.5 Å². The first-order chi connectivity index (χ1) is 44.6. The van der Waals surface area contributed by atoms with E-state index < -0.39 is 40.7 Å². The van der Waals surface area contributed by atoms with E-state index in [-0.39, 0.29) is 69.3 Å². The Hall–Kier alpha value is -9.78. The summed E-state index contributed by atoms with van der Waals surface area (Å²) < 4.78 is 50.6. The van der Waals surface area contributed by atoms with Gasteiger partial charge in [0.25, 0.3) is 0 Å². The number of rotatable bonds is 42. The zero-order chi connectivity index (χ0) is 65.9. The van der Waals surface area contributed by atoms with Gasteiger partial charge in [-0.15, -0.1) is 0 Å². The molecule has 0 spiro atoms. The van der Waals surface area contributed by atoms with Gasteiger partial charge in [-0.2, -0.15) is 0 Å². The molecule has 0 radical (unpaired) electrons. The summed E-state index contributed by atoms with van der Waals surface area (Å²) in [6.07, 6.45) is 20.7. The summed E-state index contributed by atoms with van der Waals surface area (Å²) >= 11 is 0. The first kappa shape index (κ1) is 71.3. The number of nitrogens with two attached hydrogens (primary N) is 1. The van der Waals surface area contributed by atoms with Crippen molar-refractivity contribution in [3.05, 3.63) is 191 Å². The fraction of sp³-hybridized carbons (Fsp3) is 0.370. The molecule has 0 aliphatic carbocycles. The monoisotopic (exact) mass is 1260 g/mol. The van der Waals surface area contributed by atoms with E-state index in [1.807, 2.05) is 6.92 Å². The molecule has 1 atom stereocenters. The zero-order valence-electron chi connectivity index (χ0n) is 52.7. The third kappa shape index (κ3) is 24.9. The van der Waals surface area contributed by atoms with E-state index in [4.69, 9.17) is 48.4 Å². The highest BCUT2D eigenvalue weighted by atomic mass is 16.6. The molecule has 488 valence electrons. The molecular formula is C73H84N2O17. The van der Waals surface area contributed by atoms with E-state index in [9.17, 15) is 38.9 Å². The van der Waals surface area contributed by atoms with Crippen LogP contribution in [0, 0.1) is 10.1 Å². The lowest BCUT2D eigenvalue weighted by Crippen LogP contribution is -2.18. The Morgan fingerprint density at radius 1 is 0.489 bits per heavy atom. The summed E-state index contributed by atoms with van der Waals surface area (Å²) in [6, 6.07) is 32.2. The van der Waals surface area contributed by atoms with Crippen LogP contribution in [0.2, 0.25) is 0 Å². The number of carbonyl (C=O) groups excluding carboxylic acids is 6. The number of nitro benzene ring substituents is 1. The van der Waals surface area contributed by atoms with E-state index >= 15 is 0 Å². The number of benzene rings is 6. The summed E-state index contributed by atoms with van der Waals surface area (Å²) in [5.74, 6) is -2.32. The van der Waals surface area contributed by atoms with Crippen LogP contribution >= 0.6 is 0 Å². The van der Waals surface area contributed by atoms with Gasteiger partial charge >= 0.3 is 41.5 Å². The quantitative estimate of drug-likeness (QED) is 0.00546. The van der Waals surface area contributed by atoms with Gasteiger partial charge in [-0.25, -0.2) is 28.8 Å². The van der Waals surface area contributed by atoms with Crippen LogP contribution in [-0.4, -0.2) is 73.3 Å². The Morgan fingerprint density at radius 3 is 1.43 bits per heavy atom. The van der Waals surface area contributed by atoms with Crippen molar-refractivity contribution in [2.24, 2.45) is 0 Å². The van der Waals surface area contributed by atoms with Gasteiger partial charge < -0.3 is 48.4 Å². The van der Waals surface area contributed by atoms with E-state index in [1.165, 1.54) is 54.6 Å². The molecule has 0 unspecified atom stereocenters. The molecule has 6 rings (SSSR count). The molecule has 0 aliphatic heterocycles. The zero-order valence-corrected chi connectivity index (χ0v) is 52.7. The predicted octanol–water partition coefficient (Wildman–Crippen LogP) is 16.3. The maximum atomic E-state index is 14.0. The number of nitrogen functional groups attached to an aromatic ring is 1. The van der Waals surface area contributed by atoms with Crippen molar-refractivity contribution in [1.29, 1.82) is 0 Å². The topological polar surface area (TPSA) is 255 Å². The number of hydrogen-bond donors (Lipinski definition) is 1. The van der Waals surface area contributed by atoms with Crippen molar-refractivity contribution in [3.8, 4) is 45.6 Å². The molecular weight excluding hydrogens is 1180 g/mol. The molecule has 0 heterocycles. The molecule has 0 saturated carbocycles. The lowest BCUT2D eigenvalue weighted by Gasteiger charge is -2.16. The smallest absolute Gasteiger partial charge is 0.344 e. The molecule has 19 heteroatoms. The average molecular weight is 1260 g/mol. The van der Waals surface area contributed by atoms with Gasteiger partial charge in [0.2, 0.25) is 0 Å². The maximum Gasteiger partial charge on any atom is 0.344 e. The van der Waals surface area contributed by atoms with Crippen molar-refractivity contribution in [1.82, 2.24) is 0 Å². The third-order valence-electron chi connectivity index (χ3n) is 14.8. The molecule has 0 aromatic heterocycles. The van der Waals surface area contributed by atoms with E-state index in [1.54, 1.807) is 72.8 Å². The molecule has 0 bridgehead atoms. The summed E-state index contributed by atoms with van der Waals surface area (Å²) in [5, 5.41) is 12.1. The van der Waals surface area contributed by atoms with Crippen LogP contribution in [0.4, 0.5) is 11.4 Å². The van der Waals surface area contributed by atoms with Crippen molar-refractivity contribution in [2.75, 3.05) is 32.2 Å². The van der Waals surface area contributed by atoms with Gasteiger partial charge in [0.15, 0.2) is 5.75 Å². The molecule has 19 nitrogen and oxygen atoms in total. The normalized spacial score (nSPS) is 11.1. The highest BCUT2D eigenvalue weighted by Gasteiger charge is 2.25. The Morgan fingerprint density at radius 2 is 0.935 bits per heavy atom.